The van der Waals surface area contributed by atoms with Crippen molar-refractivity contribution in [3.05, 3.63) is 59.3 Å². The highest BCUT2D eigenvalue weighted by Gasteiger charge is 2.31. The molecule has 3 aliphatic heterocycles. The van der Waals surface area contributed by atoms with E-state index in [1.54, 1.807) is 12.0 Å². The number of rotatable bonds is 7. The van der Waals surface area contributed by atoms with Crippen molar-refractivity contribution < 1.29 is 23.8 Å². The molecule has 1 fully saturated rings. The Balaban J connectivity index is 1.00. The Hall–Kier alpha value is -4.09. The third-order valence-corrected chi connectivity index (χ3v) is 7.23. The van der Waals surface area contributed by atoms with Crippen molar-refractivity contribution in [1.29, 1.82) is 0 Å². The highest BCUT2D eigenvalue weighted by atomic mass is 16.7. The molecule has 2 aromatic carbocycles. The second-order valence-electron chi connectivity index (χ2n) is 9.62. The van der Waals surface area contributed by atoms with Crippen LogP contribution >= 0.6 is 0 Å². The molecule has 1 aromatic heterocycles. The fourth-order valence-corrected chi connectivity index (χ4v) is 5.14. The van der Waals surface area contributed by atoms with Crippen LogP contribution in [-0.2, 0) is 17.8 Å². The highest BCUT2D eigenvalue weighted by molar-refractivity contribution is 6.08. The minimum Gasteiger partial charge on any atom is -0.497 e. The van der Waals surface area contributed by atoms with Crippen molar-refractivity contribution in [2.45, 2.75) is 13.0 Å². The largest absolute Gasteiger partial charge is 0.497 e. The number of amides is 2. The molecule has 0 unspecified atom stereocenters. The van der Waals surface area contributed by atoms with Gasteiger partial charge in [-0.3, -0.25) is 24.5 Å². The first-order valence-electron chi connectivity index (χ1n) is 12.7. The Bertz CT molecular complexity index is 1330. The molecule has 3 aromatic rings. The van der Waals surface area contributed by atoms with Gasteiger partial charge in [-0.2, -0.15) is 5.10 Å². The number of benzene rings is 2. The summed E-state index contributed by atoms with van der Waals surface area (Å²) in [4.78, 5) is 32.1. The summed E-state index contributed by atoms with van der Waals surface area (Å²) < 4.78 is 16.1. The van der Waals surface area contributed by atoms with Crippen LogP contribution in [0, 0.1) is 0 Å². The summed E-state index contributed by atoms with van der Waals surface area (Å²) in [7, 11) is 1.61. The van der Waals surface area contributed by atoms with Gasteiger partial charge in [-0.1, -0.05) is 6.07 Å². The minimum absolute atomic E-state index is 0.131. The predicted molar refractivity (Wildman–Crippen MR) is 140 cm³/mol. The van der Waals surface area contributed by atoms with Gasteiger partial charge in [0.25, 0.3) is 5.91 Å². The Kier molecular flexibility index (Phi) is 6.61. The summed E-state index contributed by atoms with van der Waals surface area (Å²) in [5.74, 6) is 2.47. The number of piperazine rings is 1. The number of fused-ring (bicyclic) bond motifs is 2. The number of aromatic nitrogens is 2. The molecule has 0 spiro atoms. The van der Waals surface area contributed by atoms with Crippen molar-refractivity contribution >= 4 is 23.3 Å². The van der Waals surface area contributed by atoms with Gasteiger partial charge in [0.15, 0.2) is 17.3 Å². The molecular formula is C27H30N6O5. The molecular weight excluding hydrogens is 488 g/mol. The third kappa shape index (κ3) is 4.90. The van der Waals surface area contributed by atoms with Gasteiger partial charge in [-0.25, -0.2) is 0 Å². The maximum atomic E-state index is 13.1. The van der Waals surface area contributed by atoms with E-state index in [2.05, 4.69) is 31.4 Å². The summed E-state index contributed by atoms with van der Waals surface area (Å²) in [6, 6.07) is 13.4. The van der Waals surface area contributed by atoms with Gasteiger partial charge < -0.3 is 24.4 Å². The van der Waals surface area contributed by atoms with Crippen molar-refractivity contribution in [2.75, 3.05) is 63.4 Å². The second-order valence-corrected chi connectivity index (χ2v) is 9.62. The summed E-state index contributed by atoms with van der Waals surface area (Å²) in [5, 5.41) is 10.00. The average Bonchev–Trinajstić information content (AvgIpc) is 3.57. The zero-order valence-electron chi connectivity index (χ0n) is 21.2. The Morgan fingerprint density at radius 1 is 1.03 bits per heavy atom. The maximum absolute atomic E-state index is 13.1. The molecule has 11 heteroatoms. The molecule has 11 nitrogen and oxygen atoms in total. The number of nitrogens with one attached hydrogen (secondary N) is 2. The first kappa shape index (κ1) is 24.3. The predicted octanol–water partition coefficient (Wildman–Crippen LogP) is 2.11. The van der Waals surface area contributed by atoms with Crippen LogP contribution < -0.4 is 24.4 Å². The van der Waals surface area contributed by atoms with Crippen LogP contribution in [0.5, 0.6) is 17.2 Å². The lowest BCUT2D eigenvalue weighted by molar-refractivity contribution is -0.117. The molecule has 198 valence electrons. The molecule has 2 amide bonds. The molecule has 0 saturated carbocycles. The van der Waals surface area contributed by atoms with E-state index in [9.17, 15) is 9.59 Å². The number of carbonyl (C=O) groups is 2. The molecule has 2 N–H and O–H groups in total. The zero-order valence-corrected chi connectivity index (χ0v) is 21.2. The van der Waals surface area contributed by atoms with E-state index in [1.165, 1.54) is 5.56 Å². The molecule has 0 aliphatic carbocycles. The van der Waals surface area contributed by atoms with Crippen LogP contribution in [0.4, 0.5) is 11.5 Å². The summed E-state index contributed by atoms with van der Waals surface area (Å²) in [5.41, 5.74) is 3.14. The monoisotopic (exact) mass is 518 g/mol. The summed E-state index contributed by atoms with van der Waals surface area (Å²) >= 11 is 0. The number of ether oxygens (including phenoxy) is 3. The van der Waals surface area contributed by atoms with Crippen molar-refractivity contribution in [2.24, 2.45) is 0 Å². The van der Waals surface area contributed by atoms with E-state index in [-0.39, 0.29) is 25.2 Å². The van der Waals surface area contributed by atoms with Gasteiger partial charge in [0.2, 0.25) is 12.7 Å². The molecule has 0 atom stereocenters. The lowest BCUT2D eigenvalue weighted by Gasteiger charge is -2.34. The smallest absolute Gasteiger partial charge is 0.276 e. The van der Waals surface area contributed by atoms with Crippen LogP contribution in [0.2, 0.25) is 0 Å². The standard InChI is InChI=1S/C27H30N6O5/c1-36-20-5-3-19(4-6-20)33-9-8-21-25(27(33)35)29-30-26(21)28-24(34)16-32-12-10-31(11-13-32)15-18-2-7-22-23(14-18)38-17-37-22/h2-7,14H,8-13,15-17H2,1H3,(H2,28,29,30,34). The molecule has 0 radical (unpaired) electrons. The van der Waals surface area contributed by atoms with Crippen LogP contribution in [0.3, 0.4) is 0 Å². The number of carbonyl (C=O) groups excluding carboxylic acids is 2. The first-order valence-corrected chi connectivity index (χ1v) is 12.7. The molecule has 6 rings (SSSR count). The number of hydrogen-bond donors (Lipinski definition) is 2. The third-order valence-electron chi connectivity index (χ3n) is 7.23. The highest BCUT2D eigenvalue weighted by Crippen LogP contribution is 2.33. The Labute approximate surface area is 220 Å². The first-order chi connectivity index (χ1) is 18.6. The normalized spacial score (nSPS) is 17.4. The molecule has 3 aliphatic rings. The number of methoxy groups -OCH3 is 1. The van der Waals surface area contributed by atoms with E-state index in [4.69, 9.17) is 14.2 Å². The van der Waals surface area contributed by atoms with Gasteiger partial charge in [0.05, 0.1) is 13.7 Å². The Morgan fingerprint density at radius 2 is 1.79 bits per heavy atom. The average molecular weight is 519 g/mol. The van der Waals surface area contributed by atoms with E-state index < -0.39 is 0 Å². The Morgan fingerprint density at radius 3 is 2.58 bits per heavy atom. The number of nitrogens with zero attached hydrogens (tertiary/aromatic N) is 4. The quantitative estimate of drug-likeness (QED) is 0.489. The van der Waals surface area contributed by atoms with Gasteiger partial charge in [-0.05, 0) is 48.4 Å². The minimum atomic E-state index is -0.164. The topological polar surface area (TPSA) is 112 Å². The van der Waals surface area contributed by atoms with Gasteiger partial charge in [0.1, 0.15) is 11.4 Å². The second kappa shape index (κ2) is 10.3. The lowest BCUT2D eigenvalue weighted by atomic mass is 10.1. The van der Waals surface area contributed by atoms with Crippen molar-refractivity contribution in [3.8, 4) is 17.2 Å². The SMILES string of the molecule is COc1ccc(N2CCc3c(NC(=O)CN4CCN(Cc5ccc6c(c5)OCO6)CC4)n[nH]c3C2=O)cc1. The van der Waals surface area contributed by atoms with Crippen LogP contribution in [0.1, 0.15) is 21.6 Å². The van der Waals surface area contributed by atoms with Gasteiger partial charge >= 0.3 is 0 Å². The van der Waals surface area contributed by atoms with Gasteiger partial charge in [-0.15, -0.1) is 0 Å². The lowest BCUT2D eigenvalue weighted by Crippen LogP contribution is -2.48. The van der Waals surface area contributed by atoms with Gasteiger partial charge in [0, 0.05) is 50.5 Å². The number of anilines is 2. The molecule has 38 heavy (non-hydrogen) atoms. The number of hydrogen-bond acceptors (Lipinski definition) is 8. The number of H-pyrrole nitrogens is 1. The van der Waals surface area contributed by atoms with Crippen LogP contribution in [0.15, 0.2) is 42.5 Å². The van der Waals surface area contributed by atoms with E-state index in [0.29, 0.717) is 24.5 Å². The van der Waals surface area contributed by atoms with Crippen LogP contribution in [0.25, 0.3) is 0 Å². The summed E-state index contributed by atoms with van der Waals surface area (Å²) in [6.45, 7) is 5.23. The fraction of sp³-hybridized carbons (Fsp3) is 0.370. The zero-order chi connectivity index (χ0) is 26.1. The van der Waals surface area contributed by atoms with E-state index in [1.807, 2.05) is 36.4 Å². The molecule has 4 heterocycles. The van der Waals surface area contributed by atoms with E-state index >= 15 is 0 Å². The number of aromatic amines is 1. The molecule has 0 bridgehead atoms. The van der Waals surface area contributed by atoms with Crippen molar-refractivity contribution in [3.63, 3.8) is 0 Å². The summed E-state index contributed by atoms with van der Waals surface area (Å²) in [6.07, 6.45) is 0.595. The molecule has 1 saturated heterocycles. The fourth-order valence-electron chi connectivity index (χ4n) is 5.14. The van der Waals surface area contributed by atoms with Crippen molar-refractivity contribution in [1.82, 2.24) is 20.0 Å². The van der Waals surface area contributed by atoms with E-state index in [0.717, 1.165) is 61.2 Å². The maximum Gasteiger partial charge on any atom is 0.276 e. The van der Waals surface area contributed by atoms with Crippen LogP contribution in [-0.4, -0.2) is 85.0 Å².